The zero-order chi connectivity index (χ0) is 21.6. The van der Waals surface area contributed by atoms with Crippen molar-refractivity contribution >= 4 is 11.8 Å². The summed E-state index contributed by atoms with van der Waals surface area (Å²) in [6.45, 7) is 0. The average Bonchev–Trinajstić information content (AvgIpc) is 3.43. The Hall–Kier alpha value is -3.33. The highest BCUT2D eigenvalue weighted by Crippen LogP contribution is 2.31. The molecule has 0 N–H and O–H groups in total. The van der Waals surface area contributed by atoms with Gasteiger partial charge >= 0.3 is 0 Å². The second-order valence-electron chi connectivity index (χ2n) is 6.81. The number of ether oxygens (including phenoxy) is 2. The number of hydrogen-bond acceptors (Lipinski definition) is 8. The molecule has 0 aliphatic heterocycles. The molecule has 2 heterocycles. The smallest absolute Gasteiger partial charge is 0.237 e. The molecule has 0 fully saturated rings. The molecule has 0 saturated carbocycles. The lowest BCUT2D eigenvalue weighted by molar-refractivity contribution is 0.355. The minimum Gasteiger partial charge on any atom is -0.493 e. The third kappa shape index (κ3) is 4.88. The van der Waals surface area contributed by atoms with Gasteiger partial charge in [0.2, 0.25) is 11.7 Å². The van der Waals surface area contributed by atoms with E-state index in [-0.39, 0.29) is 0 Å². The summed E-state index contributed by atoms with van der Waals surface area (Å²) in [5, 5.41) is 13.5. The predicted octanol–water partition coefficient (Wildman–Crippen LogP) is 3.96. The molecule has 0 radical (unpaired) electrons. The van der Waals surface area contributed by atoms with E-state index in [9.17, 15) is 0 Å². The Morgan fingerprint density at radius 3 is 2.55 bits per heavy atom. The fourth-order valence-corrected chi connectivity index (χ4v) is 3.89. The van der Waals surface area contributed by atoms with Crippen LogP contribution >= 0.6 is 11.8 Å². The summed E-state index contributed by atoms with van der Waals surface area (Å²) in [5.41, 5.74) is 2.08. The number of aromatic nitrogens is 5. The van der Waals surface area contributed by atoms with Crippen LogP contribution in [0.3, 0.4) is 0 Å². The van der Waals surface area contributed by atoms with Crippen molar-refractivity contribution in [3.8, 4) is 22.9 Å². The van der Waals surface area contributed by atoms with Crippen LogP contribution in [0.1, 0.15) is 17.3 Å². The van der Waals surface area contributed by atoms with E-state index in [4.69, 9.17) is 14.0 Å². The second kappa shape index (κ2) is 9.65. The van der Waals surface area contributed by atoms with E-state index in [0.717, 1.165) is 29.4 Å². The molecule has 2 aromatic carbocycles. The molecule has 31 heavy (non-hydrogen) atoms. The zero-order valence-corrected chi connectivity index (χ0v) is 18.4. The number of hydrogen-bond donors (Lipinski definition) is 0. The van der Waals surface area contributed by atoms with Gasteiger partial charge in [-0.1, -0.05) is 47.3 Å². The average molecular weight is 438 g/mol. The highest BCUT2D eigenvalue weighted by molar-refractivity contribution is 7.98. The van der Waals surface area contributed by atoms with Gasteiger partial charge in [-0.15, -0.1) is 10.2 Å². The maximum Gasteiger partial charge on any atom is 0.237 e. The van der Waals surface area contributed by atoms with Crippen LogP contribution in [0.25, 0.3) is 11.4 Å². The highest BCUT2D eigenvalue weighted by atomic mass is 32.2. The van der Waals surface area contributed by atoms with Crippen LogP contribution < -0.4 is 9.47 Å². The molecule has 0 saturated heterocycles. The van der Waals surface area contributed by atoms with Gasteiger partial charge in [-0.2, -0.15) is 4.98 Å². The van der Waals surface area contributed by atoms with Gasteiger partial charge in [-0.05, 0) is 30.2 Å². The lowest BCUT2D eigenvalue weighted by atomic mass is 10.1. The van der Waals surface area contributed by atoms with E-state index >= 15 is 0 Å². The van der Waals surface area contributed by atoms with Gasteiger partial charge in [0.05, 0.1) is 20.0 Å². The normalized spacial score (nSPS) is 10.9. The first-order chi connectivity index (χ1) is 15.2. The molecule has 4 rings (SSSR count). The van der Waals surface area contributed by atoms with E-state index < -0.39 is 0 Å². The van der Waals surface area contributed by atoms with E-state index in [1.165, 1.54) is 17.3 Å². The second-order valence-corrected chi connectivity index (χ2v) is 7.76. The number of methoxy groups -OCH3 is 2. The molecule has 160 valence electrons. The van der Waals surface area contributed by atoms with Crippen LogP contribution in [0, 0.1) is 0 Å². The number of aryl methyl sites for hydroxylation is 2. The maximum atomic E-state index is 5.41. The van der Waals surface area contributed by atoms with Gasteiger partial charge in [0.15, 0.2) is 16.7 Å². The topological polar surface area (TPSA) is 88.1 Å². The number of nitrogens with zero attached hydrogens (tertiary/aromatic N) is 5. The van der Waals surface area contributed by atoms with Crippen molar-refractivity contribution in [2.75, 3.05) is 14.2 Å². The fourth-order valence-electron chi connectivity index (χ4n) is 3.12. The summed E-state index contributed by atoms with van der Waals surface area (Å²) >= 11 is 1.51. The molecule has 0 aliphatic rings. The molecule has 0 aliphatic carbocycles. The summed E-state index contributed by atoms with van der Waals surface area (Å²) in [7, 11) is 5.17. The monoisotopic (exact) mass is 437 g/mol. The Balaban J connectivity index is 1.38. The van der Waals surface area contributed by atoms with Gasteiger partial charge in [0, 0.05) is 19.0 Å². The number of benzene rings is 2. The van der Waals surface area contributed by atoms with Crippen LogP contribution in [-0.2, 0) is 25.6 Å². The molecular formula is C22H23N5O3S. The van der Waals surface area contributed by atoms with Crippen molar-refractivity contribution in [3.05, 3.63) is 65.8 Å². The third-order valence-electron chi connectivity index (χ3n) is 4.84. The lowest BCUT2D eigenvalue weighted by Gasteiger charge is -2.07. The quantitative estimate of drug-likeness (QED) is 0.364. The first-order valence-electron chi connectivity index (χ1n) is 9.78. The summed E-state index contributed by atoms with van der Waals surface area (Å²) in [6.07, 6.45) is 1.76. The fraction of sp³-hybridized carbons (Fsp3) is 0.273. The summed E-state index contributed by atoms with van der Waals surface area (Å²) in [6, 6.07) is 15.9. The van der Waals surface area contributed by atoms with Gasteiger partial charge in [-0.3, -0.25) is 0 Å². The molecule has 8 nitrogen and oxygen atoms in total. The Morgan fingerprint density at radius 2 is 1.77 bits per heavy atom. The largest absolute Gasteiger partial charge is 0.493 e. The predicted molar refractivity (Wildman–Crippen MR) is 117 cm³/mol. The Bertz CT molecular complexity index is 1140. The Labute approximate surface area is 184 Å². The van der Waals surface area contributed by atoms with Crippen LogP contribution in [-0.4, -0.2) is 39.1 Å². The Kier molecular flexibility index (Phi) is 6.51. The molecular weight excluding hydrogens is 414 g/mol. The van der Waals surface area contributed by atoms with E-state index in [2.05, 4.69) is 32.5 Å². The summed E-state index contributed by atoms with van der Waals surface area (Å²) < 4.78 is 18.0. The molecule has 0 atom stereocenters. The minimum absolute atomic E-state index is 0.498. The van der Waals surface area contributed by atoms with Crippen molar-refractivity contribution in [1.82, 2.24) is 24.9 Å². The molecule has 9 heteroatoms. The van der Waals surface area contributed by atoms with Crippen LogP contribution in [0.2, 0.25) is 0 Å². The molecule has 0 unspecified atom stereocenters. The molecule has 4 aromatic rings. The van der Waals surface area contributed by atoms with Gasteiger partial charge in [0.1, 0.15) is 5.82 Å². The van der Waals surface area contributed by atoms with Gasteiger partial charge < -0.3 is 18.6 Å². The molecule has 0 amide bonds. The first-order valence-corrected chi connectivity index (χ1v) is 10.8. The SMILES string of the molecule is COc1ccc(-c2noc(CSc3nnc(CCc4ccccc4)n3C)n2)cc1OC. The van der Waals surface area contributed by atoms with Crippen LogP contribution in [0.4, 0.5) is 0 Å². The van der Waals surface area contributed by atoms with Crippen molar-refractivity contribution in [3.63, 3.8) is 0 Å². The lowest BCUT2D eigenvalue weighted by Crippen LogP contribution is -2.01. The number of thioether (sulfide) groups is 1. The molecule has 2 aromatic heterocycles. The maximum absolute atomic E-state index is 5.41. The molecule has 0 spiro atoms. The van der Waals surface area contributed by atoms with Crippen molar-refractivity contribution in [2.24, 2.45) is 7.05 Å². The highest BCUT2D eigenvalue weighted by Gasteiger charge is 2.15. The van der Waals surface area contributed by atoms with Crippen molar-refractivity contribution < 1.29 is 14.0 Å². The standard InChI is InChI=1S/C22H23N5O3S/c1-27-19(12-9-15-7-5-4-6-8-15)24-25-22(27)31-14-20-23-21(26-30-20)16-10-11-17(28-2)18(13-16)29-3/h4-8,10-11,13H,9,12,14H2,1-3H3. The van der Waals surface area contributed by atoms with E-state index in [0.29, 0.717) is 29.0 Å². The zero-order valence-electron chi connectivity index (χ0n) is 17.6. The van der Waals surface area contributed by atoms with Gasteiger partial charge in [0.25, 0.3) is 0 Å². The van der Waals surface area contributed by atoms with E-state index in [1.54, 1.807) is 14.2 Å². The number of rotatable bonds is 9. The first kappa shape index (κ1) is 20.9. The van der Waals surface area contributed by atoms with Crippen molar-refractivity contribution in [2.45, 2.75) is 23.8 Å². The van der Waals surface area contributed by atoms with E-state index in [1.807, 2.05) is 48.0 Å². The Morgan fingerprint density at radius 1 is 0.968 bits per heavy atom. The summed E-state index contributed by atoms with van der Waals surface area (Å²) in [5.74, 6) is 3.73. The van der Waals surface area contributed by atoms with Crippen LogP contribution in [0.5, 0.6) is 11.5 Å². The van der Waals surface area contributed by atoms with Crippen molar-refractivity contribution in [1.29, 1.82) is 0 Å². The molecule has 0 bridgehead atoms. The third-order valence-corrected chi connectivity index (χ3v) is 5.84. The van der Waals surface area contributed by atoms with Crippen LogP contribution in [0.15, 0.2) is 58.2 Å². The minimum atomic E-state index is 0.498. The summed E-state index contributed by atoms with van der Waals surface area (Å²) in [4.78, 5) is 4.49. The van der Waals surface area contributed by atoms with Gasteiger partial charge in [-0.25, -0.2) is 0 Å².